The van der Waals surface area contributed by atoms with Crippen molar-refractivity contribution in [1.82, 2.24) is 10.3 Å². The van der Waals surface area contributed by atoms with Crippen LogP contribution >= 0.6 is 11.3 Å². The molecule has 100 valence electrons. The molecule has 7 heteroatoms. The first-order valence-corrected chi connectivity index (χ1v) is 6.37. The molecule has 0 aliphatic carbocycles. The molecule has 0 aliphatic heterocycles. The lowest BCUT2D eigenvalue weighted by Gasteiger charge is -2.17. The van der Waals surface area contributed by atoms with Crippen LogP contribution in [0.2, 0.25) is 0 Å². The predicted molar refractivity (Wildman–Crippen MR) is 70.0 cm³/mol. The van der Waals surface area contributed by atoms with Crippen molar-refractivity contribution in [2.45, 2.75) is 33.7 Å². The Hall–Kier alpha value is -1.63. The molecule has 2 unspecified atom stereocenters. The number of carboxylic acids is 1. The molecule has 1 rings (SSSR count). The number of nitrogens with one attached hydrogen (secondary N) is 2. The summed E-state index contributed by atoms with van der Waals surface area (Å²) in [5.74, 6) is -1.58. The summed E-state index contributed by atoms with van der Waals surface area (Å²) in [4.78, 5) is 27.6. The first-order valence-electron chi connectivity index (χ1n) is 5.55. The van der Waals surface area contributed by atoms with Gasteiger partial charge in [-0.2, -0.15) is 0 Å². The van der Waals surface area contributed by atoms with Crippen molar-refractivity contribution < 1.29 is 14.7 Å². The summed E-state index contributed by atoms with van der Waals surface area (Å²) in [6.07, 6.45) is 0. The van der Waals surface area contributed by atoms with Gasteiger partial charge in [-0.1, -0.05) is 0 Å². The Kier molecular flexibility index (Phi) is 4.66. The van der Waals surface area contributed by atoms with Crippen LogP contribution in [0.3, 0.4) is 0 Å². The van der Waals surface area contributed by atoms with Gasteiger partial charge in [0, 0.05) is 10.9 Å². The third kappa shape index (κ3) is 3.69. The fourth-order valence-corrected chi connectivity index (χ4v) is 2.01. The molecule has 2 atom stereocenters. The largest absolute Gasteiger partial charge is 0.481 e. The van der Waals surface area contributed by atoms with E-state index in [1.54, 1.807) is 13.8 Å². The number of aryl methyl sites for hydroxylation is 2. The maximum Gasteiger partial charge on any atom is 0.321 e. The topological polar surface area (TPSA) is 91.3 Å². The number of carbonyl (C=O) groups excluding carboxylic acids is 1. The van der Waals surface area contributed by atoms with Crippen LogP contribution in [0.15, 0.2) is 0 Å². The number of carboxylic acid groups (broad SMARTS) is 1. The van der Waals surface area contributed by atoms with Crippen LogP contribution in [0.25, 0.3) is 0 Å². The fraction of sp³-hybridized carbons (Fsp3) is 0.545. The molecule has 0 bridgehead atoms. The molecule has 6 nitrogen and oxygen atoms in total. The summed E-state index contributed by atoms with van der Waals surface area (Å²) in [5.41, 5.74) is 0.877. The van der Waals surface area contributed by atoms with Gasteiger partial charge in [0.25, 0.3) is 0 Å². The Labute approximate surface area is 109 Å². The number of rotatable bonds is 4. The highest BCUT2D eigenvalue weighted by Gasteiger charge is 2.21. The Morgan fingerprint density at radius 2 is 1.94 bits per heavy atom. The number of urea groups is 1. The van der Waals surface area contributed by atoms with Crippen molar-refractivity contribution in [3.05, 3.63) is 10.6 Å². The SMILES string of the molecule is Cc1nc(NC(=O)NC(C)C(C)C(=O)O)sc1C. The number of thiazole rings is 1. The normalized spacial score (nSPS) is 13.8. The number of anilines is 1. The quantitative estimate of drug-likeness (QED) is 0.781. The maximum atomic E-state index is 11.6. The van der Waals surface area contributed by atoms with E-state index in [0.717, 1.165) is 10.6 Å². The summed E-state index contributed by atoms with van der Waals surface area (Å²) in [6.45, 7) is 6.98. The van der Waals surface area contributed by atoms with Crippen molar-refractivity contribution in [2.24, 2.45) is 5.92 Å². The number of hydrogen-bond acceptors (Lipinski definition) is 4. The summed E-state index contributed by atoms with van der Waals surface area (Å²) >= 11 is 1.39. The zero-order valence-electron chi connectivity index (χ0n) is 10.8. The number of carbonyl (C=O) groups is 2. The van der Waals surface area contributed by atoms with Gasteiger partial charge in [-0.25, -0.2) is 9.78 Å². The Morgan fingerprint density at radius 3 is 2.39 bits per heavy atom. The van der Waals surface area contributed by atoms with Crippen molar-refractivity contribution >= 4 is 28.5 Å². The summed E-state index contributed by atoms with van der Waals surface area (Å²) in [5, 5.41) is 14.5. The van der Waals surface area contributed by atoms with Gasteiger partial charge in [0.15, 0.2) is 5.13 Å². The minimum absolute atomic E-state index is 0.440. The highest BCUT2D eigenvalue weighted by atomic mass is 32.1. The standard InChI is InChI=1S/C11H17N3O3S/c1-5(9(15)16)6(2)12-10(17)14-11-13-7(3)8(4)18-11/h5-6H,1-4H3,(H,15,16)(H2,12,13,14,17). The molecule has 0 aromatic carbocycles. The predicted octanol–water partition coefficient (Wildman–Crippen LogP) is 1.99. The number of amides is 2. The molecule has 18 heavy (non-hydrogen) atoms. The number of nitrogens with zero attached hydrogens (tertiary/aromatic N) is 1. The second-order valence-corrected chi connectivity index (χ2v) is 5.38. The van der Waals surface area contributed by atoms with Gasteiger partial charge in [-0.15, -0.1) is 11.3 Å². The molecular weight excluding hydrogens is 254 g/mol. The van der Waals surface area contributed by atoms with Crippen molar-refractivity contribution in [3.63, 3.8) is 0 Å². The molecule has 0 radical (unpaired) electrons. The lowest BCUT2D eigenvalue weighted by molar-refractivity contribution is -0.141. The molecular formula is C11H17N3O3S. The molecule has 3 N–H and O–H groups in total. The van der Waals surface area contributed by atoms with Crippen LogP contribution in [0.1, 0.15) is 24.4 Å². The Bertz CT molecular complexity index is 439. The highest BCUT2D eigenvalue weighted by molar-refractivity contribution is 7.15. The molecule has 1 aromatic heterocycles. The fourth-order valence-electron chi connectivity index (χ4n) is 1.21. The van der Waals surface area contributed by atoms with E-state index in [2.05, 4.69) is 15.6 Å². The molecule has 0 saturated carbocycles. The van der Waals surface area contributed by atoms with E-state index >= 15 is 0 Å². The maximum absolute atomic E-state index is 11.6. The van der Waals surface area contributed by atoms with E-state index in [4.69, 9.17) is 5.11 Å². The van der Waals surface area contributed by atoms with Gasteiger partial charge in [0.2, 0.25) is 0 Å². The van der Waals surface area contributed by atoms with Crippen molar-refractivity contribution in [3.8, 4) is 0 Å². The van der Waals surface area contributed by atoms with E-state index in [-0.39, 0.29) is 0 Å². The molecule has 2 amide bonds. The summed E-state index contributed by atoms with van der Waals surface area (Å²) in [6, 6.07) is -0.894. The average molecular weight is 271 g/mol. The third-order valence-electron chi connectivity index (χ3n) is 2.75. The van der Waals surface area contributed by atoms with Crippen LogP contribution in [0.5, 0.6) is 0 Å². The number of aliphatic carboxylic acids is 1. The van der Waals surface area contributed by atoms with E-state index in [1.807, 2.05) is 13.8 Å². The zero-order valence-corrected chi connectivity index (χ0v) is 11.6. The lowest BCUT2D eigenvalue weighted by Crippen LogP contribution is -2.42. The van der Waals surface area contributed by atoms with Gasteiger partial charge in [-0.3, -0.25) is 10.1 Å². The minimum atomic E-state index is -0.941. The highest BCUT2D eigenvalue weighted by Crippen LogP contribution is 2.20. The Balaban J connectivity index is 2.54. The first kappa shape index (κ1) is 14.4. The van der Waals surface area contributed by atoms with E-state index in [0.29, 0.717) is 5.13 Å². The Morgan fingerprint density at radius 1 is 1.33 bits per heavy atom. The van der Waals surface area contributed by atoms with E-state index < -0.39 is 24.0 Å². The van der Waals surface area contributed by atoms with Gasteiger partial charge in [-0.05, 0) is 27.7 Å². The molecule has 0 aliphatic rings. The van der Waals surface area contributed by atoms with Crippen molar-refractivity contribution in [2.75, 3.05) is 5.32 Å². The van der Waals surface area contributed by atoms with Crippen LogP contribution < -0.4 is 10.6 Å². The molecule has 0 saturated heterocycles. The van der Waals surface area contributed by atoms with Crippen molar-refractivity contribution in [1.29, 1.82) is 0 Å². The zero-order chi connectivity index (χ0) is 13.9. The summed E-state index contributed by atoms with van der Waals surface area (Å²) in [7, 11) is 0. The molecule has 0 fully saturated rings. The van der Waals surface area contributed by atoms with Crippen LogP contribution in [-0.2, 0) is 4.79 Å². The van der Waals surface area contributed by atoms with E-state index in [1.165, 1.54) is 11.3 Å². The van der Waals surface area contributed by atoms with E-state index in [9.17, 15) is 9.59 Å². The monoisotopic (exact) mass is 271 g/mol. The van der Waals surface area contributed by atoms with Gasteiger partial charge in [0.1, 0.15) is 0 Å². The number of hydrogen-bond donors (Lipinski definition) is 3. The second-order valence-electron chi connectivity index (χ2n) is 4.17. The van der Waals surface area contributed by atoms with Crippen LogP contribution in [0.4, 0.5) is 9.93 Å². The molecule has 1 heterocycles. The average Bonchev–Trinajstić information content (AvgIpc) is 2.56. The van der Waals surface area contributed by atoms with Gasteiger partial charge < -0.3 is 10.4 Å². The van der Waals surface area contributed by atoms with Gasteiger partial charge in [0.05, 0.1) is 11.6 Å². The number of aromatic nitrogens is 1. The minimum Gasteiger partial charge on any atom is -0.481 e. The lowest BCUT2D eigenvalue weighted by atomic mass is 10.0. The second kappa shape index (κ2) is 5.81. The molecule has 1 aromatic rings. The smallest absolute Gasteiger partial charge is 0.321 e. The molecule has 0 spiro atoms. The van der Waals surface area contributed by atoms with Crippen LogP contribution in [0, 0.1) is 19.8 Å². The third-order valence-corrected chi connectivity index (χ3v) is 3.74. The summed E-state index contributed by atoms with van der Waals surface area (Å²) < 4.78 is 0. The van der Waals surface area contributed by atoms with Crippen LogP contribution in [-0.4, -0.2) is 28.1 Å². The first-order chi connectivity index (χ1) is 8.31. The van der Waals surface area contributed by atoms with Gasteiger partial charge >= 0.3 is 12.0 Å².